The van der Waals surface area contributed by atoms with Crippen molar-refractivity contribution in [2.45, 2.75) is 78.3 Å². The Hall–Kier alpha value is 0.177. The first-order valence-electron chi connectivity index (χ1n) is 7.14. The van der Waals surface area contributed by atoms with E-state index in [1.807, 2.05) is 0 Å². The van der Waals surface area contributed by atoms with Crippen LogP contribution in [0.3, 0.4) is 0 Å². The third-order valence-electron chi connectivity index (χ3n) is 3.38. The van der Waals surface area contributed by atoms with E-state index in [1.165, 1.54) is 25.7 Å². The van der Waals surface area contributed by atoms with Crippen molar-refractivity contribution < 1.29 is 4.43 Å². The average Bonchev–Trinajstić information content (AvgIpc) is 2.22. The Kier molecular flexibility index (Phi) is 9.33. The van der Waals surface area contributed by atoms with E-state index in [9.17, 15) is 0 Å². The molecule has 0 radical (unpaired) electrons. The first-order valence-corrected chi connectivity index (χ1v) is 8.94. The molecule has 0 heterocycles. The van der Waals surface area contributed by atoms with Gasteiger partial charge in [-0.1, -0.05) is 60.8 Å². The number of unbranched alkanes of at least 4 members (excludes halogenated alkanes) is 1. The van der Waals surface area contributed by atoms with E-state index in [2.05, 4.69) is 41.5 Å². The summed E-state index contributed by atoms with van der Waals surface area (Å²) >= 11 is 0. The van der Waals surface area contributed by atoms with Crippen LogP contribution in [0.2, 0.25) is 11.1 Å². The van der Waals surface area contributed by atoms with E-state index in [1.54, 1.807) is 0 Å². The van der Waals surface area contributed by atoms with Gasteiger partial charge in [-0.2, -0.15) is 0 Å². The first kappa shape index (κ1) is 16.2. The van der Waals surface area contributed by atoms with Gasteiger partial charge in [-0.05, 0) is 23.4 Å². The number of hydrogen-bond donors (Lipinski definition) is 0. The molecule has 2 heteroatoms. The summed E-state index contributed by atoms with van der Waals surface area (Å²) < 4.78 is 6.25. The third kappa shape index (κ3) is 6.69. The van der Waals surface area contributed by atoms with Crippen LogP contribution in [0.4, 0.5) is 0 Å². The monoisotopic (exact) mass is 244 g/mol. The van der Waals surface area contributed by atoms with Gasteiger partial charge in [-0.15, -0.1) is 0 Å². The predicted molar refractivity (Wildman–Crippen MR) is 76.6 cm³/mol. The van der Waals surface area contributed by atoms with Crippen LogP contribution in [0.1, 0.15) is 67.2 Å². The fourth-order valence-electron chi connectivity index (χ4n) is 2.30. The standard InChI is InChI=1S/C14H32OSi/c1-7-9-10-14(8-2)11-15-16(12(3)4)13(5)6/h12-14,16H,7-11H2,1-6H3. The predicted octanol–water partition coefficient (Wildman–Crippen LogP) is 4.76. The van der Waals surface area contributed by atoms with Crippen LogP contribution in [0.5, 0.6) is 0 Å². The van der Waals surface area contributed by atoms with Gasteiger partial charge in [0.2, 0.25) is 0 Å². The molecule has 0 rings (SSSR count). The molecule has 0 bridgehead atoms. The smallest absolute Gasteiger partial charge is 0.181 e. The summed E-state index contributed by atoms with van der Waals surface area (Å²) in [6, 6.07) is 0. The second kappa shape index (κ2) is 9.23. The van der Waals surface area contributed by atoms with Crippen LogP contribution in [0, 0.1) is 5.92 Å². The molecule has 0 aliphatic rings. The highest BCUT2D eigenvalue weighted by atomic mass is 28.3. The lowest BCUT2D eigenvalue weighted by Gasteiger charge is -2.26. The average molecular weight is 244 g/mol. The molecule has 1 nitrogen and oxygen atoms in total. The zero-order chi connectivity index (χ0) is 12.6. The fourth-order valence-corrected chi connectivity index (χ4v) is 5.10. The highest BCUT2D eigenvalue weighted by Crippen LogP contribution is 2.23. The van der Waals surface area contributed by atoms with Crippen LogP contribution in [0.25, 0.3) is 0 Å². The van der Waals surface area contributed by atoms with Crippen LogP contribution in [0.15, 0.2) is 0 Å². The molecular formula is C14H32OSi. The van der Waals surface area contributed by atoms with Crippen molar-refractivity contribution >= 4 is 9.04 Å². The SMILES string of the molecule is CCCCC(CC)CO[SiH](C(C)C)C(C)C. The zero-order valence-electron chi connectivity index (χ0n) is 12.3. The lowest BCUT2D eigenvalue weighted by atomic mass is 10.0. The number of hydrogen-bond acceptors (Lipinski definition) is 1. The Balaban J connectivity index is 3.96. The Morgan fingerprint density at radius 1 is 1.00 bits per heavy atom. The maximum Gasteiger partial charge on any atom is 0.181 e. The van der Waals surface area contributed by atoms with E-state index < -0.39 is 9.04 Å². The van der Waals surface area contributed by atoms with E-state index in [0.717, 1.165) is 23.6 Å². The van der Waals surface area contributed by atoms with Gasteiger partial charge in [0.1, 0.15) is 0 Å². The van der Waals surface area contributed by atoms with Crippen molar-refractivity contribution in [1.29, 1.82) is 0 Å². The normalized spacial score (nSPS) is 14.1. The van der Waals surface area contributed by atoms with Crippen molar-refractivity contribution in [3.63, 3.8) is 0 Å². The minimum absolute atomic E-state index is 0.767. The van der Waals surface area contributed by atoms with Crippen molar-refractivity contribution in [2.24, 2.45) is 5.92 Å². The van der Waals surface area contributed by atoms with Crippen LogP contribution in [-0.2, 0) is 4.43 Å². The summed E-state index contributed by atoms with van der Waals surface area (Å²) in [5, 5.41) is 0. The third-order valence-corrected chi connectivity index (χ3v) is 6.59. The zero-order valence-corrected chi connectivity index (χ0v) is 13.4. The Bertz CT molecular complexity index is 149. The minimum Gasteiger partial charge on any atom is -0.419 e. The Labute approximate surface area is 105 Å². The summed E-state index contributed by atoms with van der Waals surface area (Å²) in [7, 11) is -0.984. The van der Waals surface area contributed by atoms with Gasteiger partial charge in [0.25, 0.3) is 0 Å². The van der Waals surface area contributed by atoms with Crippen molar-refractivity contribution in [2.75, 3.05) is 6.61 Å². The molecule has 98 valence electrons. The molecule has 1 atom stereocenters. The molecule has 0 aliphatic carbocycles. The van der Waals surface area contributed by atoms with Gasteiger partial charge >= 0.3 is 0 Å². The van der Waals surface area contributed by atoms with E-state index in [4.69, 9.17) is 4.43 Å². The van der Waals surface area contributed by atoms with Crippen LogP contribution >= 0.6 is 0 Å². The van der Waals surface area contributed by atoms with Crippen LogP contribution in [-0.4, -0.2) is 15.6 Å². The van der Waals surface area contributed by atoms with Crippen molar-refractivity contribution in [3.05, 3.63) is 0 Å². The Morgan fingerprint density at radius 3 is 1.94 bits per heavy atom. The van der Waals surface area contributed by atoms with Gasteiger partial charge in [-0.3, -0.25) is 0 Å². The molecule has 0 aromatic rings. The van der Waals surface area contributed by atoms with Gasteiger partial charge in [0.05, 0.1) is 0 Å². The summed E-state index contributed by atoms with van der Waals surface area (Å²) in [4.78, 5) is 0. The molecular weight excluding hydrogens is 212 g/mol. The molecule has 0 N–H and O–H groups in total. The summed E-state index contributed by atoms with van der Waals surface area (Å²) in [6.45, 7) is 14.9. The second-order valence-electron chi connectivity index (χ2n) is 5.70. The molecule has 0 amide bonds. The summed E-state index contributed by atoms with van der Waals surface area (Å²) in [5.74, 6) is 0.799. The van der Waals surface area contributed by atoms with Gasteiger partial charge in [0.15, 0.2) is 9.04 Å². The molecule has 0 saturated heterocycles. The van der Waals surface area contributed by atoms with E-state index in [0.29, 0.717) is 0 Å². The summed E-state index contributed by atoms with van der Waals surface area (Å²) in [5.41, 5.74) is 1.53. The molecule has 0 fully saturated rings. The van der Waals surface area contributed by atoms with Crippen molar-refractivity contribution in [1.82, 2.24) is 0 Å². The highest BCUT2D eigenvalue weighted by molar-refractivity contribution is 6.54. The Morgan fingerprint density at radius 2 is 1.56 bits per heavy atom. The lowest BCUT2D eigenvalue weighted by molar-refractivity contribution is 0.226. The largest absolute Gasteiger partial charge is 0.419 e. The summed E-state index contributed by atoms with van der Waals surface area (Å²) in [6.07, 6.45) is 5.30. The van der Waals surface area contributed by atoms with Gasteiger partial charge in [-0.25, -0.2) is 0 Å². The quantitative estimate of drug-likeness (QED) is 0.531. The number of rotatable bonds is 9. The van der Waals surface area contributed by atoms with E-state index >= 15 is 0 Å². The second-order valence-corrected chi connectivity index (χ2v) is 9.63. The van der Waals surface area contributed by atoms with Gasteiger partial charge in [0, 0.05) is 6.61 Å². The molecule has 0 aromatic heterocycles. The minimum atomic E-state index is -0.984. The fraction of sp³-hybridized carbons (Fsp3) is 1.00. The topological polar surface area (TPSA) is 9.23 Å². The molecule has 1 unspecified atom stereocenters. The van der Waals surface area contributed by atoms with Crippen molar-refractivity contribution in [3.8, 4) is 0 Å². The molecule has 0 spiro atoms. The maximum absolute atomic E-state index is 6.25. The van der Waals surface area contributed by atoms with Crippen LogP contribution < -0.4 is 0 Å². The van der Waals surface area contributed by atoms with E-state index in [-0.39, 0.29) is 0 Å². The maximum atomic E-state index is 6.25. The molecule has 0 aliphatic heterocycles. The van der Waals surface area contributed by atoms with Gasteiger partial charge < -0.3 is 4.43 Å². The lowest BCUT2D eigenvalue weighted by Crippen LogP contribution is -2.28. The highest BCUT2D eigenvalue weighted by Gasteiger charge is 2.21. The first-order chi connectivity index (χ1) is 7.52. The molecule has 16 heavy (non-hydrogen) atoms. The molecule has 0 saturated carbocycles. The molecule has 0 aromatic carbocycles.